The number of amides is 1. The van der Waals surface area contributed by atoms with Crippen LogP contribution in [0.5, 0.6) is 0 Å². The van der Waals surface area contributed by atoms with Gasteiger partial charge in [-0.25, -0.2) is 0 Å². The van der Waals surface area contributed by atoms with Gasteiger partial charge in [0.15, 0.2) is 0 Å². The highest BCUT2D eigenvalue weighted by Gasteiger charge is 2.24. The summed E-state index contributed by atoms with van der Waals surface area (Å²) in [5.74, 6) is -0.534. The maximum Gasteiger partial charge on any atom is 0.306 e. The van der Waals surface area contributed by atoms with Gasteiger partial charge >= 0.3 is 5.97 Å². The molecule has 6 nitrogen and oxygen atoms in total. The number of allylic oxidation sites excluding steroid dienone is 10. The largest absolute Gasteiger partial charge is 0.462 e. The quantitative estimate of drug-likeness (QED) is 0.0321. The molecule has 0 aromatic carbocycles. The van der Waals surface area contributed by atoms with Crippen LogP contribution in [-0.4, -0.2) is 46.9 Å². The van der Waals surface area contributed by atoms with E-state index in [1.54, 1.807) is 0 Å². The maximum atomic E-state index is 13.2. The number of esters is 1. The molecule has 0 fully saturated rings. The molecule has 6 heteroatoms. The van der Waals surface area contributed by atoms with Crippen molar-refractivity contribution < 1.29 is 24.5 Å². The number of nitrogens with one attached hydrogen (secondary N) is 1. The summed E-state index contributed by atoms with van der Waals surface area (Å²) in [5, 5.41) is 23.8. The molecule has 0 saturated carbocycles. The fourth-order valence-electron chi connectivity index (χ4n) is 8.23. The second kappa shape index (κ2) is 51.5. The standard InChI is InChI=1S/C58H105NO5/c1-4-7-10-13-16-19-22-25-28-29-30-33-36-39-42-45-48-51-58(63)64-54(49-46-43-40-37-34-31-26-23-20-17-14-11-8-5-2)52-57(62)59-55(53-60)56(61)50-47-44-41-38-35-32-27-24-21-18-15-12-9-6-3/h7,10,16,19,25,28,30,33,39,42,54-56,60-61H,4-6,8-9,11-15,17-18,20-24,26-27,29,31-32,34-38,40-41,43-53H2,1-3H3,(H,59,62)/b10-7-,19-16-,28-25-,33-30-,42-39-. The van der Waals surface area contributed by atoms with Crippen LogP contribution in [0, 0.1) is 0 Å². The Labute approximate surface area is 397 Å². The summed E-state index contributed by atoms with van der Waals surface area (Å²) in [4.78, 5) is 26.2. The summed E-state index contributed by atoms with van der Waals surface area (Å²) < 4.78 is 5.92. The third-order valence-corrected chi connectivity index (χ3v) is 12.4. The Morgan fingerprint density at radius 3 is 1.22 bits per heavy atom. The number of carbonyl (C=O) groups is 2. The third-order valence-electron chi connectivity index (χ3n) is 12.4. The van der Waals surface area contributed by atoms with Crippen LogP contribution in [0.1, 0.15) is 271 Å². The van der Waals surface area contributed by atoms with Crippen LogP contribution in [0.3, 0.4) is 0 Å². The summed E-state index contributed by atoms with van der Waals surface area (Å²) in [6, 6.07) is -0.713. The van der Waals surface area contributed by atoms with Gasteiger partial charge in [-0.05, 0) is 64.2 Å². The zero-order valence-corrected chi connectivity index (χ0v) is 42.4. The van der Waals surface area contributed by atoms with E-state index in [1.807, 2.05) is 0 Å². The molecule has 0 bridgehead atoms. The second-order valence-corrected chi connectivity index (χ2v) is 18.6. The Morgan fingerprint density at radius 1 is 0.469 bits per heavy atom. The van der Waals surface area contributed by atoms with E-state index in [4.69, 9.17) is 4.74 Å². The van der Waals surface area contributed by atoms with E-state index in [1.165, 1.54) is 141 Å². The molecule has 0 spiro atoms. The van der Waals surface area contributed by atoms with Crippen molar-refractivity contribution >= 4 is 11.9 Å². The molecule has 3 N–H and O–H groups in total. The number of carbonyl (C=O) groups excluding carboxylic acids is 2. The zero-order chi connectivity index (χ0) is 46.7. The zero-order valence-electron chi connectivity index (χ0n) is 42.4. The molecule has 0 rings (SSSR count). The van der Waals surface area contributed by atoms with Crippen LogP contribution in [-0.2, 0) is 14.3 Å². The van der Waals surface area contributed by atoms with Crippen LogP contribution in [0.2, 0.25) is 0 Å². The van der Waals surface area contributed by atoms with Crippen molar-refractivity contribution in [3.8, 4) is 0 Å². The van der Waals surface area contributed by atoms with Crippen molar-refractivity contribution in [3.63, 3.8) is 0 Å². The molecule has 3 unspecified atom stereocenters. The number of aliphatic hydroxyl groups excluding tert-OH is 2. The molecule has 0 aliphatic heterocycles. The Balaban J connectivity index is 4.64. The first kappa shape index (κ1) is 61.6. The Hall–Kier alpha value is -2.44. The van der Waals surface area contributed by atoms with Crippen LogP contribution < -0.4 is 5.32 Å². The fourth-order valence-corrected chi connectivity index (χ4v) is 8.23. The van der Waals surface area contributed by atoms with E-state index in [9.17, 15) is 19.8 Å². The van der Waals surface area contributed by atoms with Crippen LogP contribution in [0.4, 0.5) is 0 Å². The van der Waals surface area contributed by atoms with E-state index < -0.39 is 18.2 Å². The summed E-state index contributed by atoms with van der Waals surface area (Å²) in [6.45, 7) is 6.38. The van der Waals surface area contributed by atoms with E-state index in [0.29, 0.717) is 25.7 Å². The van der Waals surface area contributed by atoms with Gasteiger partial charge in [-0.15, -0.1) is 0 Å². The highest BCUT2D eigenvalue weighted by atomic mass is 16.5. The normalized spacial score (nSPS) is 13.6. The Morgan fingerprint density at radius 2 is 0.828 bits per heavy atom. The minimum atomic E-state index is -0.797. The molecular formula is C58H105NO5. The van der Waals surface area contributed by atoms with Crippen molar-refractivity contribution in [2.45, 2.75) is 289 Å². The van der Waals surface area contributed by atoms with Gasteiger partial charge in [0.1, 0.15) is 6.10 Å². The second-order valence-electron chi connectivity index (χ2n) is 18.6. The van der Waals surface area contributed by atoms with Gasteiger partial charge in [0.2, 0.25) is 5.91 Å². The average Bonchev–Trinajstić information content (AvgIpc) is 3.29. The van der Waals surface area contributed by atoms with Crippen LogP contribution in [0.15, 0.2) is 60.8 Å². The predicted molar refractivity (Wildman–Crippen MR) is 278 cm³/mol. The number of hydrogen-bond acceptors (Lipinski definition) is 5. The lowest BCUT2D eigenvalue weighted by molar-refractivity contribution is -0.151. The van der Waals surface area contributed by atoms with Crippen molar-refractivity contribution in [3.05, 3.63) is 60.8 Å². The molecule has 0 saturated heterocycles. The Bertz CT molecular complexity index is 1140. The molecule has 3 atom stereocenters. The highest BCUT2D eigenvalue weighted by Crippen LogP contribution is 2.18. The fraction of sp³-hybridized carbons (Fsp3) is 0.793. The van der Waals surface area contributed by atoms with Crippen molar-refractivity contribution in [1.82, 2.24) is 5.32 Å². The molecule has 0 aliphatic carbocycles. The molecule has 0 aromatic rings. The average molecular weight is 896 g/mol. The topological polar surface area (TPSA) is 95.9 Å². The highest BCUT2D eigenvalue weighted by molar-refractivity contribution is 5.77. The maximum absolute atomic E-state index is 13.2. The lowest BCUT2D eigenvalue weighted by atomic mass is 10.0. The van der Waals surface area contributed by atoms with Gasteiger partial charge in [-0.2, -0.15) is 0 Å². The van der Waals surface area contributed by atoms with E-state index in [-0.39, 0.29) is 24.9 Å². The number of aliphatic hydroxyl groups is 2. The van der Waals surface area contributed by atoms with Crippen molar-refractivity contribution in [1.29, 1.82) is 0 Å². The molecule has 1 amide bonds. The summed E-state index contributed by atoms with van der Waals surface area (Å²) in [5.41, 5.74) is 0. The van der Waals surface area contributed by atoms with E-state index in [0.717, 1.165) is 77.0 Å². The number of unbranched alkanes of at least 4 members (excludes halogenated alkanes) is 27. The number of hydrogen-bond donors (Lipinski definition) is 3. The number of rotatable bonds is 49. The van der Waals surface area contributed by atoms with Crippen LogP contribution >= 0.6 is 0 Å². The lowest BCUT2D eigenvalue weighted by Crippen LogP contribution is -2.46. The molecule has 0 aliphatic rings. The first-order chi connectivity index (χ1) is 31.5. The van der Waals surface area contributed by atoms with Gasteiger partial charge in [0.05, 0.1) is 25.2 Å². The molecule has 0 aromatic heterocycles. The first-order valence-electron chi connectivity index (χ1n) is 27.5. The van der Waals surface area contributed by atoms with Crippen molar-refractivity contribution in [2.24, 2.45) is 0 Å². The van der Waals surface area contributed by atoms with E-state index in [2.05, 4.69) is 86.8 Å². The minimum absolute atomic E-state index is 0.0566. The summed E-state index contributed by atoms with van der Waals surface area (Å²) in [6.07, 6.45) is 64.3. The Kier molecular flexibility index (Phi) is 49.6. The summed E-state index contributed by atoms with van der Waals surface area (Å²) >= 11 is 0. The summed E-state index contributed by atoms with van der Waals surface area (Å²) in [7, 11) is 0. The smallest absolute Gasteiger partial charge is 0.306 e. The monoisotopic (exact) mass is 896 g/mol. The van der Waals surface area contributed by atoms with Crippen molar-refractivity contribution in [2.75, 3.05) is 6.61 Å². The molecular weight excluding hydrogens is 791 g/mol. The molecule has 64 heavy (non-hydrogen) atoms. The van der Waals surface area contributed by atoms with E-state index >= 15 is 0 Å². The third kappa shape index (κ3) is 46.1. The van der Waals surface area contributed by atoms with Crippen LogP contribution in [0.25, 0.3) is 0 Å². The van der Waals surface area contributed by atoms with Gasteiger partial charge in [0, 0.05) is 6.42 Å². The SMILES string of the molecule is CC/C=C\C/C=C\C/C=C\C/C=C\C/C=C\CCCC(=O)OC(CCCCCCCCCCCCCCCC)CC(=O)NC(CO)C(O)CCCCCCCCCCCCCCCC. The van der Waals surface area contributed by atoms with Gasteiger partial charge in [0.25, 0.3) is 0 Å². The lowest BCUT2D eigenvalue weighted by Gasteiger charge is -2.24. The molecule has 0 radical (unpaired) electrons. The molecule has 372 valence electrons. The van der Waals surface area contributed by atoms with Gasteiger partial charge in [-0.3, -0.25) is 9.59 Å². The minimum Gasteiger partial charge on any atom is -0.462 e. The van der Waals surface area contributed by atoms with Gasteiger partial charge < -0.3 is 20.3 Å². The van der Waals surface area contributed by atoms with Gasteiger partial charge in [-0.1, -0.05) is 255 Å². The number of ether oxygens (including phenoxy) is 1. The molecule has 0 heterocycles. The first-order valence-corrected chi connectivity index (χ1v) is 27.5. The predicted octanol–water partition coefficient (Wildman–Crippen LogP) is 16.8.